The van der Waals surface area contributed by atoms with E-state index in [9.17, 15) is 0 Å². The monoisotopic (exact) mass is 388 g/mol. The smallest absolute Gasteiger partial charge is 0.191 e. The highest BCUT2D eigenvalue weighted by Crippen LogP contribution is 2.08. The largest absolute Gasteiger partial charge is 0.356 e. The number of aromatic nitrogens is 5. The molecule has 0 amide bonds. The van der Waals surface area contributed by atoms with Crippen LogP contribution >= 0.6 is 0 Å². The highest BCUT2D eigenvalue weighted by atomic mass is 15.3. The molecule has 0 aliphatic heterocycles. The fourth-order valence-electron chi connectivity index (χ4n) is 3.14. The van der Waals surface area contributed by atoms with Crippen molar-refractivity contribution in [1.29, 1.82) is 0 Å². The third kappa shape index (κ3) is 4.60. The van der Waals surface area contributed by atoms with Gasteiger partial charge in [0.1, 0.15) is 5.82 Å². The van der Waals surface area contributed by atoms with Crippen LogP contribution in [0.5, 0.6) is 0 Å². The minimum Gasteiger partial charge on any atom is -0.356 e. The minimum atomic E-state index is 0.730. The van der Waals surface area contributed by atoms with Gasteiger partial charge in [0.2, 0.25) is 0 Å². The van der Waals surface area contributed by atoms with E-state index in [1.165, 1.54) is 5.56 Å². The lowest BCUT2D eigenvalue weighted by molar-refractivity contribution is 0.756. The summed E-state index contributed by atoms with van der Waals surface area (Å²) in [6.07, 6.45) is 7.38. The summed E-state index contributed by atoms with van der Waals surface area (Å²) in [6, 6.07) is 16.2. The Morgan fingerprint density at radius 2 is 1.76 bits per heavy atom. The molecule has 0 aliphatic rings. The first-order valence-electron chi connectivity index (χ1n) is 9.65. The normalized spacial score (nSPS) is 11.7. The Hall–Kier alpha value is -3.68. The summed E-state index contributed by atoms with van der Waals surface area (Å²) in [6.45, 7) is 1.53. The van der Waals surface area contributed by atoms with Crippen molar-refractivity contribution in [2.24, 2.45) is 4.99 Å². The van der Waals surface area contributed by atoms with Crippen LogP contribution in [0.4, 0.5) is 0 Å². The fraction of sp³-hybridized carbons (Fsp3) is 0.238. The number of nitrogens with one attached hydrogen (secondary N) is 2. The molecule has 0 bridgehead atoms. The van der Waals surface area contributed by atoms with E-state index < -0.39 is 0 Å². The number of rotatable bonds is 7. The van der Waals surface area contributed by atoms with Gasteiger partial charge in [0.05, 0.1) is 5.69 Å². The molecule has 1 aromatic carbocycles. The van der Waals surface area contributed by atoms with Gasteiger partial charge in [-0.2, -0.15) is 5.10 Å². The number of hydrogen-bond acceptors (Lipinski definition) is 4. The van der Waals surface area contributed by atoms with Gasteiger partial charge in [-0.3, -0.25) is 9.39 Å². The molecule has 3 aromatic heterocycles. The molecule has 0 aliphatic carbocycles. The van der Waals surface area contributed by atoms with Crippen LogP contribution < -0.4 is 10.6 Å². The molecule has 3 heterocycles. The van der Waals surface area contributed by atoms with Crippen LogP contribution in [0, 0.1) is 0 Å². The Bertz CT molecular complexity index is 1060. The molecule has 8 heteroatoms. The van der Waals surface area contributed by atoms with Crippen LogP contribution in [0.2, 0.25) is 0 Å². The third-order valence-electron chi connectivity index (χ3n) is 4.66. The second-order valence-corrected chi connectivity index (χ2v) is 6.59. The first kappa shape index (κ1) is 18.7. The van der Waals surface area contributed by atoms with Crippen molar-refractivity contribution in [3.8, 4) is 5.69 Å². The molecule has 0 spiro atoms. The van der Waals surface area contributed by atoms with Crippen LogP contribution in [0.15, 0.2) is 72.1 Å². The van der Waals surface area contributed by atoms with E-state index in [1.54, 1.807) is 13.2 Å². The van der Waals surface area contributed by atoms with Crippen molar-refractivity contribution in [1.82, 2.24) is 35.0 Å². The van der Waals surface area contributed by atoms with Crippen molar-refractivity contribution < 1.29 is 0 Å². The fourth-order valence-corrected chi connectivity index (χ4v) is 3.14. The number of guanidine groups is 1. The summed E-state index contributed by atoms with van der Waals surface area (Å²) in [5.74, 6) is 1.72. The molecule has 0 saturated carbocycles. The molecule has 4 rings (SSSR count). The maximum Gasteiger partial charge on any atom is 0.191 e. The summed E-state index contributed by atoms with van der Waals surface area (Å²) in [7, 11) is 1.78. The zero-order chi connectivity index (χ0) is 19.9. The molecule has 0 radical (unpaired) electrons. The molecule has 8 nitrogen and oxygen atoms in total. The Morgan fingerprint density at radius 3 is 2.52 bits per heavy atom. The standard InChI is InChI=1S/C21H24N8/c1-22-21(24-14-11-20-27-26-19-5-2-3-15-28(19)20)23-13-10-17-6-8-18(9-7-17)29-16-4-12-25-29/h2-9,12,15-16H,10-11,13-14H2,1H3,(H2,22,23,24). The Morgan fingerprint density at radius 1 is 0.931 bits per heavy atom. The Kier molecular flexibility index (Phi) is 5.80. The molecule has 0 saturated heterocycles. The zero-order valence-corrected chi connectivity index (χ0v) is 16.4. The highest BCUT2D eigenvalue weighted by molar-refractivity contribution is 5.79. The average molecular weight is 388 g/mol. The van der Waals surface area contributed by atoms with E-state index in [4.69, 9.17) is 0 Å². The van der Waals surface area contributed by atoms with E-state index in [0.717, 1.165) is 49.0 Å². The molecule has 148 valence electrons. The predicted octanol–water partition coefficient (Wildman–Crippen LogP) is 1.87. The maximum atomic E-state index is 4.29. The van der Waals surface area contributed by atoms with E-state index in [2.05, 4.69) is 55.2 Å². The highest BCUT2D eigenvalue weighted by Gasteiger charge is 2.05. The topological polar surface area (TPSA) is 84.4 Å². The number of aliphatic imine (C=N–C) groups is 1. The van der Waals surface area contributed by atoms with Gasteiger partial charge in [0.25, 0.3) is 0 Å². The van der Waals surface area contributed by atoms with E-state index in [-0.39, 0.29) is 0 Å². The zero-order valence-electron chi connectivity index (χ0n) is 16.4. The second-order valence-electron chi connectivity index (χ2n) is 6.59. The molecule has 29 heavy (non-hydrogen) atoms. The number of pyridine rings is 1. The van der Waals surface area contributed by atoms with Gasteiger partial charge in [-0.1, -0.05) is 18.2 Å². The number of fused-ring (bicyclic) bond motifs is 1. The number of nitrogens with zero attached hydrogens (tertiary/aromatic N) is 6. The van der Waals surface area contributed by atoms with Crippen molar-refractivity contribution in [2.45, 2.75) is 12.8 Å². The van der Waals surface area contributed by atoms with Crippen molar-refractivity contribution in [3.63, 3.8) is 0 Å². The summed E-state index contributed by atoms with van der Waals surface area (Å²) in [5, 5.41) is 19.4. The van der Waals surface area contributed by atoms with Crippen LogP contribution in [0.25, 0.3) is 11.3 Å². The van der Waals surface area contributed by atoms with Crippen LogP contribution in [-0.2, 0) is 12.8 Å². The van der Waals surface area contributed by atoms with Crippen LogP contribution in [-0.4, -0.2) is 50.5 Å². The SMILES string of the molecule is CN=C(NCCc1ccc(-n2cccn2)cc1)NCCc1nnc2ccccn12. The predicted molar refractivity (Wildman–Crippen MR) is 113 cm³/mol. The second kappa shape index (κ2) is 9.01. The minimum absolute atomic E-state index is 0.730. The van der Waals surface area contributed by atoms with Gasteiger partial charge in [-0.25, -0.2) is 4.68 Å². The van der Waals surface area contributed by atoms with Gasteiger partial charge in [0.15, 0.2) is 11.6 Å². The van der Waals surface area contributed by atoms with Gasteiger partial charge in [0, 0.05) is 45.1 Å². The van der Waals surface area contributed by atoms with Gasteiger partial charge < -0.3 is 10.6 Å². The maximum absolute atomic E-state index is 4.29. The Labute approximate surface area is 169 Å². The number of hydrogen-bond donors (Lipinski definition) is 2. The first-order chi connectivity index (χ1) is 14.3. The lowest BCUT2D eigenvalue weighted by Gasteiger charge is -2.12. The van der Waals surface area contributed by atoms with E-state index in [1.807, 2.05) is 45.7 Å². The molecule has 0 unspecified atom stereocenters. The van der Waals surface area contributed by atoms with Gasteiger partial charge in [-0.05, 0) is 42.3 Å². The molecule has 2 N–H and O–H groups in total. The lowest BCUT2D eigenvalue weighted by atomic mass is 10.1. The van der Waals surface area contributed by atoms with Gasteiger partial charge >= 0.3 is 0 Å². The molecule has 0 atom stereocenters. The molecule has 0 fully saturated rings. The van der Waals surface area contributed by atoms with Crippen molar-refractivity contribution >= 4 is 11.6 Å². The first-order valence-corrected chi connectivity index (χ1v) is 9.65. The summed E-state index contributed by atoms with van der Waals surface area (Å²) in [5.41, 5.74) is 3.19. The lowest BCUT2D eigenvalue weighted by Crippen LogP contribution is -2.39. The quantitative estimate of drug-likeness (QED) is 0.373. The van der Waals surface area contributed by atoms with Crippen molar-refractivity contribution in [2.75, 3.05) is 20.1 Å². The summed E-state index contributed by atoms with van der Waals surface area (Å²) >= 11 is 0. The average Bonchev–Trinajstić information content (AvgIpc) is 3.44. The van der Waals surface area contributed by atoms with Crippen LogP contribution in [0.3, 0.4) is 0 Å². The van der Waals surface area contributed by atoms with Gasteiger partial charge in [-0.15, -0.1) is 10.2 Å². The number of benzene rings is 1. The Balaban J connectivity index is 1.22. The molecule has 4 aromatic rings. The molecular weight excluding hydrogens is 364 g/mol. The molecular formula is C21H24N8. The summed E-state index contributed by atoms with van der Waals surface area (Å²) < 4.78 is 3.86. The van der Waals surface area contributed by atoms with Crippen molar-refractivity contribution in [3.05, 3.63) is 78.5 Å². The van der Waals surface area contributed by atoms with E-state index >= 15 is 0 Å². The third-order valence-corrected chi connectivity index (χ3v) is 4.66. The van der Waals surface area contributed by atoms with Crippen LogP contribution in [0.1, 0.15) is 11.4 Å². The van der Waals surface area contributed by atoms with E-state index in [0.29, 0.717) is 0 Å². The summed E-state index contributed by atoms with van der Waals surface area (Å²) in [4.78, 5) is 4.29.